The predicted octanol–water partition coefficient (Wildman–Crippen LogP) is 1.82. The van der Waals surface area contributed by atoms with Gasteiger partial charge in [0.05, 0.1) is 25.3 Å². The van der Waals surface area contributed by atoms with Gasteiger partial charge in [0.25, 0.3) is 5.91 Å². The molecule has 0 unspecified atom stereocenters. The molecule has 1 aliphatic rings. The van der Waals surface area contributed by atoms with E-state index in [1.54, 1.807) is 16.2 Å². The number of carbonyl (C=O) groups excluding carboxylic acids is 2. The van der Waals surface area contributed by atoms with Crippen LogP contribution < -0.4 is 0 Å². The van der Waals surface area contributed by atoms with E-state index in [0.717, 1.165) is 10.6 Å². The van der Waals surface area contributed by atoms with Crippen molar-refractivity contribution in [1.29, 1.82) is 0 Å². The Morgan fingerprint density at radius 1 is 1.30 bits per heavy atom. The maximum absolute atomic E-state index is 11.9. The monoisotopic (exact) mass is 352 g/mol. The van der Waals surface area contributed by atoms with Crippen LogP contribution in [0.1, 0.15) is 5.69 Å². The number of ether oxygens (including phenoxy) is 2. The molecular weight excluding hydrogens is 336 g/mol. The highest BCUT2D eigenvalue weighted by molar-refractivity contribution is 7.14. The van der Waals surface area contributed by atoms with Crippen molar-refractivity contribution < 1.29 is 19.1 Å². The molecule has 0 spiro atoms. The lowest BCUT2D eigenvalue weighted by atomic mass is 10.3. The minimum Gasteiger partial charge on any atom is -0.455 e. The molecule has 1 aliphatic heterocycles. The molecule has 1 amide bonds. The number of nitrogens with zero attached hydrogens (tertiary/aromatic N) is 2. The summed E-state index contributed by atoms with van der Waals surface area (Å²) in [4.78, 5) is 29.8. The molecule has 8 heteroatoms. The Labute approximate surface area is 141 Å². The van der Waals surface area contributed by atoms with Crippen LogP contribution in [0.15, 0.2) is 22.2 Å². The second-order valence-electron chi connectivity index (χ2n) is 4.99. The van der Waals surface area contributed by atoms with Gasteiger partial charge < -0.3 is 14.4 Å². The second-order valence-corrected chi connectivity index (χ2v) is 6.62. The lowest BCUT2D eigenvalue weighted by Crippen LogP contribution is -2.42. The van der Waals surface area contributed by atoms with Crippen molar-refractivity contribution in [2.24, 2.45) is 0 Å². The zero-order valence-electron chi connectivity index (χ0n) is 12.4. The van der Waals surface area contributed by atoms with Crippen LogP contribution in [-0.2, 0) is 25.5 Å². The quantitative estimate of drug-likeness (QED) is 0.768. The van der Waals surface area contributed by atoms with Crippen LogP contribution in [0, 0.1) is 0 Å². The Morgan fingerprint density at radius 3 is 2.87 bits per heavy atom. The maximum atomic E-state index is 11.9. The van der Waals surface area contributed by atoms with Crippen molar-refractivity contribution in [2.45, 2.75) is 6.42 Å². The first-order chi connectivity index (χ1) is 11.2. The van der Waals surface area contributed by atoms with Gasteiger partial charge in [-0.3, -0.25) is 9.59 Å². The molecule has 3 rings (SSSR count). The van der Waals surface area contributed by atoms with Crippen LogP contribution in [0.4, 0.5) is 0 Å². The molecule has 0 saturated carbocycles. The number of morpholine rings is 1. The largest absolute Gasteiger partial charge is 0.455 e. The smallest absolute Gasteiger partial charge is 0.312 e. The van der Waals surface area contributed by atoms with Gasteiger partial charge in [0, 0.05) is 29.4 Å². The molecule has 3 heterocycles. The highest BCUT2D eigenvalue weighted by atomic mass is 32.1. The van der Waals surface area contributed by atoms with Gasteiger partial charge in [-0.05, 0) is 11.4 Å². The molecule has 0 atom stereocenters. The minimum atomic E-state index is -0.436. The van der Waals surface area contributed by atoms with Gasteiger partial charge >= 0.3 is 5.97 Å². The van der Waals surface area contributed by atoms with E-state index in [-0.39, 0.29) is 18.9 Å². The number of amides is 1. The van der Waals surface area contributed by atoms with Crippen LogP contribution in [0.2, 0.25) is 0 Å². The van der Waals surface area contributed by atoms with Crippen molar-refractivity contribution in [2.75, 3.05) is 32.9 Å². The summed E-state index contributed by atoms with van der Waals surface area (Å²) < 4.78 is 10.2. The second kappa shape index (κ2) is 7.67. The van der Waals surface area contributed by atoms with Gasteiger partial charge in [-0.2, -0.15) is 11.3 Å². The molecule has 2 aromatic rings. The van der Waals surface area contributed by atoms with Crippen molar-refractivity contribution in [1.82, 2.24) is 9.88 Å². The van der Waals surface area contributed by atoms with Gasteiger partial charge in [-0.1, -0.05) is 0 Å². The fourth-order valence-electron chi connectivity index (χ4n) is 2.15. The third-order valence-corrected chi connectivity index (χ3v) is 4.99. The standard InChI is InChI=1S/C15H16N2O4S2/c18-13(17-2-4-20-5-3-17)8-21-14(19)7-12-10-23-15(16-12)11-1-6-22-9-11/h1,6,9-10H,2-5,7-8H2. The third kappa shape index (κ3) is 4.37. The maximum Gasteiger partial charge on any atom is 0.312 e. The summed E-state index contributed by atoms with van der Waals surface area (Å²) in [5, 5.41) is 6.74. The lowest BCUT2D eigenvalue weighted by molar-refractivity contribution is -0.153. The summed E-state index contributed by atoms with van der Waals surface area (Å²) >= 11 is 3.10. The van der Waals surface area contributed by atoms with Crippen LogP contribution in [-0.4, -0.2) is 54.7 Å². The summed E-state index contributed by atoms with van der Waals surface area (Å²) in [6, 6.07) is 1.99. The Hall–Kier alpha value is -1.77. The zero-order chi connectivity index (χ0) is 16.1. The Kier molecular flexibility index (Phi) is 5.37. The normalized spacial score (nSPS) is 14.7. The van der Waals surface area contributed by atoms with Gasteiger partial charge in [0.2, 0.25) is 0 Å². The van der Waals surface area contributed by atoms with Crippen LogP contribution in [0.25, 0.3) is 10.6 Å². The van der Waals surface area contributed by atoms with Gasteiger partial charge in [0.15, 0.2) is 6.61 Å². The summed E-state index contributed by atoms with van der Waals surface area (Å²) in [7, 11) is 0. The number of hydrogen-bond acceptors (Lipinski definition) is 7. The van der Waals surface area contributed by atoms with Crippen molar-refractivity contribution >= 4 is 34.6 Å². The number of aromatic nitrogens is 1. The first-order valence-electron chi connectivity index (χ1n) is 7.20. The SMILES string of the molecule is O=C(Cc1csc(-c2ccsc2)n1)OCC(=O)N1CCOCC1. The molecule has 1 saturated heterocycles. The van der Waals surface area contributed by atoms with E-state index < -0.39 is 5.97 Å². The number of hydrogen-bond donors (Lipinski definition) is 0. The summed E-state index contributed by atoms with van der Waals surface area (Å²) in [6.07, 6.45) is 0.0804. The van der Waals surface area contributed by atoms with Crippen molar-refractivity contribution in [3.63, 3.8) is 0 Å². The third-order valence-electron chi connectivity index (χ3n) is 3.37. The zero-order valence-corrected chi connectivity index (χ0v) is 14.0. The predicted molar refractivity (Wildman–Crippen MR) is 87.5 cm³/mol. The van der Waals surface area contributed by atoms with Crippen LogP contribution in [0.5, 0.6) is 0 Å². The fourth-order valence-corrected chi connectivity index (χ4v) is 3.68. The number of esters is 1. The molecule has 23 heavy (non-hydrogen) atoms. The molecule has 0 aromatic carbocycles. The molecule has 6 nitrogen and oxygen atoms in total. The van der Waals surface area contributed by atoms with Gasteiger partial charge in [-0.15, -0.1) is 11.3 Å². The molecule has 1 fully saturated rings. The topological polar surface area (TPSA) is 68.7 Å². The van der Waals surface area contributed by atoms with E-state index in [0.29, 0.717) is 32.0 Å². The molecular formula is C15H16N2O4S2. The van der Waals surface area contributed by atoms with E-state index in [1.807, 2.05) is 22.2 Å². The van der Waals surface area contributed by atoms with Gasteiger partial charge in [0.1, 0.15) is 5.01 Å². The Bertz CT molecular complexity index is 663. The molecule has 0 aliphatic carbocycles. The van der Waals surface area contributed by atoms with E-state index >= 15 is 0 Å². The molecule has 0 radical (unpaired) electrons. The molecule has 0 N–H and O–H groups in total. The Morgan fingerprint density at radius 2 is 2.13 bits per heavy atom. The van der Waals surface area contributed by atoms with E-state index in [2.05, 4.69) is 4.98 Å². The first kappa shape index (κ1) is 16.1. The molecule has 0 bridgehead atoms. The average molecular weight is 352 g/mol. The number of carbonyl (C=O) groups is 2. The van der Waals surface area contributed by atoms with E-state index in [4.69, 9.17) is 9.47 Å². The molecule has 2 aromatic heterocycles. The van der Waals surface area contributed by atoms with Crippen LogP contribution >= 0.6 is 22.7 Å². The van der Waals surface area contributed by atoms with Gasteiger partial charge in [-0.25, -0.2) is 4.98 Å². The van der Waals surface area contributed by atoms with E-state index in [1.165, 1.54) is 11.3 Å². The summed E-state index contributed by atoms with van der Waals surface area (Å²) in [5.41, 5.74) is 1.72. The minimum absolute atomic E-state index is 0.0804. The van der Waals surface area contributed by atoms with Crippen molar-refractivity contribution in [3.8, 4) is 10.6 Å². The fraction of sp³-hybridized carbons (Fsp3) is 0.400. The average Bonchev–Trinajstić information content (AvgIpc) is 3.24. The Balaban J connectivity index is 1.47. The first-order valence-corrected chi connectivity index (χ1v) is 9.03. The number of thiazole rings is 1. The number of thiophene rings is 1. The summed E-state index contributed by atoms with van der Waals surface area (Å²) in [5.74, 6) is -0.618. The van der Waals surface area contributed by atoms with Crippen LogP contribution in [0.3, 0.4) is 0 Å². The highest BCUT2D eigenvalue weighted by Gasteiger charge is 2.18. The van der Waals surface area contributed by atoms with E-state index in [9.17, 15) is 9.59 Å². The van der Waals surface area contributed by atoms with Crippen molar-refractivity contribution in [3.05, 3.63) is 27.9 Å². The number of rotatable bonds is 5. The highest BCUT2D eigenvalue weighted by Crippen LogP contribution is 2.25. The lowest BCUT2D eigenvalue weighted by Gasteiger charge is -2.26. The molecule has 122 valence electrons. The summed E-state index contributed by atoms with van der Waals surface area (Å²) in [6.45, 7) is 1.94.